The van der Waals surface area contributed by atoms with Crippen LogP contribution in [0.15, 0.2) is 71.9 Å². The highest BCUT2D eigenvalue weighted by Gasteiger charge is 2.16. The molecule has 2 heteroatoms. The van der Waals surface area contributed by atoms with Crippen molar-refractivity contribution in [3.63, 3.8) is 0 Å². The van der Waals surface area contributed by atoms with E-state index in [1.165, 1.54) is 0 Å². The summed E-state index contributed by atoms with van der Waals surface area (Å²) >= 11 is 0. The number of fused-ring (bicyclic) bond motifs is 1. The van der Waals surface area contributed by atoms with Gasteiger partial charge in [0.1, 0.15) is 11.5 Å². The molecule has 0 amide bonds. The molecule has 1 aliphatic heterocycles. The zero-order valence-electron chi connectivity index (χ0n) is 9.60. The average molecular weight is 225 g/mol. The maximum atomic E-state index is 5.92. The molecule has 0 spiro atoms. The summed E-state index contributed by atoms with van der Waals surface area (Å²) in [5.41, 5.74) is 1.07. The first-order chi connectivity index (χ1) is 8.42. The van der Waals surface area contributed by atoms with Gasteiger partial charge in [0.15, 0.2) is 0 Å². The largest absolute Gasteiger partial charge is 0.455 e. The minimum absolute atomic E-state index is 0.301. The monoisotopic (exact) mass is 225 g/mol. The molecule has 1 atom stereocenters. The molecule has 0 saturated heterocycles. The molecule has 1 heterocycles. The van der Waals surface area contributed by atoms with Crippen LogP contribution in [-0.2, 0) is 4.74 Å². The molecular formula is C15H15NO. The van der Waals surface area contributed by atoms with Crippen molar-refractivity contribution in [2.75, 3.05) is 0 Å². The number of hydrogen-bond acceptors (Lipinski definition) is 2. The Hall–Kier alpha value is -1.96. The Labute approximate surface area is 101 Å². The van der Waals surface area contributed by atoms with E-state index in [0.29, 0.717) is 6.04 Å². The normalized spacial score (nSPS) is 25.9. The topological polar surface area (TPSA) is 21.3 Å². The fourth-order valence-corrected chi connectivity index (χ4v) is 2.09. The fourth-order valence-electron chi connectivity index (χ4n) is 2.09. The first kappa shape index (κ1) is 10.2. The highest BCUT2D eigenvalue weighted by Crippen LogP contribution is 2.22. The number of nitrogens with one attached hydrogen (secondary N) is 1. The SMILES string of the molecule is C1=CCC2C=C(C=C1)OC1=C(C=CCC=C1)N2. The summed E-state index contributed by atoms with van der Waals surface area (Å²) in [6.07, 6.45) is 20.7. The molecule has 17 heavy (non-hydrogen) atoms. The molecular weight excluding hydrogens is 210 g/mol. The summed E-state index contributed by atoms with van der Waals surface area (Å²) < 4.78 is 5.92. The molecule has 0 aromatic carbocycles. The molecule has 3 aliphatic rings. The first-order valence-corrected chi connectivity index (χ1v) is 5.98. The van der Waals surface area contributed by atoms with Crippen molar-refractivity contribution >= 4 is 0 Å². The summed E-state index contributed by atoms with van der Waals surface area (Å²) in [5.74, 6) is 1.82. The molecule has 2 aliphatic carbocycles. The number of allylic oxidation sites excluding steroid dienone is 7. The third kappa shape index (κ3) is 2.26. The molecule has 0 aromatic heterocycles. The van der Waals surface area contributed by atoms with Gasteiger partial charge in [-0.3, -0.25) is 0 Å². The van der Waals surface area contributed by atoms with Gasteiger partial charge in [-0.1, -0.05) is 30.4 Å². The van der Waals surface area contributed by atoms with Crippen molar-refractivity contribution in [1.82, 2.24) is 5.32 Å². The van der Waals surface area contributed by atoms with Crippen LogP contribution in [-0.4, -0.2) is 6.04 Å². The Bertz CT molecular complexity index is 489. The number of hydrogen-bond donors (Lipinski definition) is 1. The van der Waals surface area contributed by atoms with Crippen LogP contribution in [0.2, 0.25) is 0 Å². The van der Waals surface area contributed by atoms with Crippen molar-refractivity contribution in [1.29, 1.82) is 0 Å². The van der Waals surface area contributed by atoms with Crippen molar-refractivity contribution in [2.24, 2.45) is 0 Å². The fraction of sp³-hybridized carbons (Fsp3) is 0.200. The molecule has 0 fully saturated rings. The van der Waals surface area contributed by atoms with E-state index >= 15 is 0 Å². The molecule has 0 saturated carbocycles. The highest BCUT2D eigenvalue weighted by atomic mass is 16.5. The Morgan fingerprint density at radius 1 is 1.06 bits per heavy atom. The van der Waals surface area contributed by atoms with E-state index in [2.05, 4.69) is 41.8 Å². The molecule has 0 aromatic rings. The quantitative estimate of drug-likeness (QED) is 0.684. The van der Waals surface area contributed by atoms with Crippen LogP contribution < -0.4 is 5.32 Å². The van der Waals surface area contributed by atoms with E-state index in [1.54, 1.807) is 0 Å². The lowest BCUT2D eigenvalue weighted by atomic mass is 10.1. The van der Waals surface area contributed by atoms with E-state index in [1.807, 2.05) is 18.2 Å². The summed E-state index contributed by atoms with van der Waals surface area (Å²) in [4.78, 5) is 0. The third-order valence-electron chi connectivity index (χ3n) is 2.92. The molecule has 1 N–H and O–H groups in total. The van der Waals surface area contributed by atoms with E-state index in [4.69, 9.17) is 4.74 Å². The zero-order valence-corrected chi connectivity index (χ0v) is 9.60. The second-order valence-electron chi connectivity index (χ2n) is 4.26. The predicted octanol–water partition coefficient (Wildman–Crippen LogP) is 3.10. The van der Waals surface area contributed by atoms with Crippen molar-refractivity contribution in [3.8, 4) is 0 Å². The Morgan fingerprint density at radius 2 is 2.00 bits per heavy atom. The summed E-state index contributed by atoms with van der Waals surface area (Å²) in [6, 6.07) is 0.301. The Balaban J connectivity index is 1.99. The lowest BCUT2D eigenvalue weighted by molar-refractivity contribution is 0.333. The smallest absolute Gasteiger partial charge is 0.150 e. The Kier molecular flexibility index (Phi) is 2.70. The van der Waals surface area contributed by atoms with E-state index < -0.39 is 0 Å². The summed E-state index contributed by atoms with van der Waals surface area (Å²) in [6.45, 7) is 0. The maximum absolute atomic E-state index is 5.92. The molecule has 0 radical (unpaired) electrons. The van der Waals surface area contributed by atoms with E-state index in [-0.39, 0.29) is 0 Å². The van der Waals surface area contributed by atoms with Gasteiger partial charge in [0.2, 0.25) is 0 Å². The van der Waals surface area contributed by atoms with Gasteiger partial charge in [-0.25, -0.2) is 0 Å². The lowest BCUT2D eigenvalue weighted by Gasteiger charge is -2.13. The van der Waals surface area contributed by atoms with Crippen LogP contribution in [0.1, 0.15) is 12.8 Å². The molecule has 1 unspecified atom stereocenters. The lowest BCUT2D eigenvalue weighted by Crippen LogP contribution is -2.25. The summed E-state index contributed by atoms with van der Waals surface area (Å²) in [5, 5.41) is 3.51. The Morgan fingerprint density at radius 3 is 3.00 bits per heavy atom. The third-order valence-corrected chi connectivity index (χ3v) is 2.92. The van der Waals surface area contributed by atoms with Crippen LogP contribution in [0.5, 0.6) is 0 Å². The van der Waals surface area contributed by atoms with Gasteiger partial charge in [0, 0.05) is 0 Å². The molecule has 86 valence electrons. The minimum Gasteiger partial charge on any atom is -0.455 e. The van der Waals surface area contributed by atoms with Crippen LogP contribution in [0, 0.1) is 0 Å². The molecule has 3 rings (SSSR count). The van der Waals surface area contributed by atoms with Gasteiger partial charge in [0.25, 0.3) is 0 Å². The first-order valence-electron chi connectivity index (χ1n) is 5.98. The molecule has 2 bridgehead atoms. The standard InChI is InChI=1S/C15H15NO/c1-3-7-12-11-13(8-4-1)17-15-10-6-2-5-9-14(15)16-12/h1,3-6,8-12,16H,2,7H2. The van der Waals surface area contributed by atoms with Crippen LogP contribution in [0.3, 0.4) is 0 Å². The van der Waals surface area contributed by atoms with Crippen molar-refractivity contribution in [2.45, 2.75) is 18.9 Å². The summed E-state index contributed by atoms with van der Waals surface area (Å²) in [7, 11) is 0. The number of ether oxygens (including phenoxy) is 1. The van der Waals surface area contributed by atoms with E-state index in [0.717, 1.165) is 30.1 Å². The van der Waals surface area contributed by atoms with Gasteiger partial charge in [-0.15, -0.1) is 0 Å². The second kappa shape index (κ2) is 4.50. The van der Waals surface area contributed by atoms with Gasteiger partial charge < -0.3 is 10.1 Å². The van der Waals surface area contributed by atoms with Gasteiger partial charge >= 0.3 is 0 Å². The van der Waals surface area contributed by atoms with Gasteiger partial charge in [-0.2, -0.15) is 0 Å². The average Bonchev–Trinajstić information content (AvgIpc) is 2.58. The maximum Gasteiger partial charge on any atom is 0.150 e. The molecule has 2 nitrogen and oxygen atoms in total. The van der Waals surface area contributed by atoms with Crippen molar-refractivity contribution < 1.29 is 4.74 Å². The van der Waals surface area contributed by atoms with Crippen LogP contribution >= 0.6 is 0 Å². The van der Waals surface area contributed by atoms with Gasteiger partial charge in [-0.05, 0) is 37.1 Å². The predicted molar refractivity (Wildman–Crippen MR) is 68.9 cm³/mol. The van der Waals surface area contributed by atoms with Crippen LogP contribution in [0.25, 0.3) is 0 Å². The van der Waals surface area contributed by atoms with Gasteiger partial charge in [0.05, 0.1) is 11.7 Å². The minimum atomic E-state index is 0.301. The highest BCUT2D eigenvalue weighted by molar-refractivity contribution is 5.37. The zero-order chi connectivity index (χ0) is 11.5. The number of rotatable bonds is 0. The van der Waals surface area contributed by atoms with Crippen molar-refractivity contribution in [3.05, 3.63) is 71.9 Å². The van der Waals surface area contributed by atoms with Crippen LogP contribution in [0.4, 0.5) is 0 Å². The second-order valence-corrected chi connectivity index (χ2v) is 4.26. The van der Waals surface area contributed by atoms with E-state index in [9.17, 15) is 0 Å².